The molecule has 3 rings (SSSR count). The first-order valence-electron chi connectivity index (χ1n) is 7.28. The molecule has 0 bridgehead atoms. The fourth-order valence-corrected chi connectivity index (χ4v) is 2.72. The Morgan fingerprint density at radius 2 is 2.35 bits per heavy atom. The highest BCUT2D eigenvalue weighted by Gasteiger charge is 2.42. The van der Waals surface area contributed by atoms with E-state index in [0.29, 0.717) is 19.0 Å². The van der Waals surface area contributed by atoms with E-state index in [1.54, 1.807) is 6.20 Å². The van der Waals surface area contributed by atoms with E-state index in [4.69, 9.17) is 4.74 Å². The number of ether oxygens (including phenoxy) is 1. The fourth-order valence-electron chi connectivity index (χ4n) is 2.72. The van der Waals surface area contributed by atoms with Crippen LogP contribution in [0.1, 0.15) is 31.3 Å². The van der Waals surface area contributed by atoms with Crippen molar-refractivity contribution < 1.29 is 14.6 Å². The molecule has 0 spiro atoms. The molecule has 2 atom stereocenters. The molecule has 110 valence electrons. The molecule has 2 aliphatic rings. The van der Waals surface area contributed by atoms with Gasteiger partial charge in [0.1, 0.15) is 5.82 Å². The normalized spacial score (nSPS) is 25.9. The van der Waals surface area contributed by atoms with Crippen LogP contribution < -0.4 is 0 Å². The summed E-state index contributed by atoms with van der Waals surface area (Å²) in [6.45, 7) is 2.80. The zero-order valence-corrected chi connectivity index (χ0v) is 11.7. The van der Waals surface area contributed by atoms with Gasteiger partial charge in [-0.15, -0.1) is 0 Å². The average molecular weight is 279 g/mol. The molecule has 2 N–H and O–H groups in total. The van der Waals surface area contributed by atoms with Gasteiger partial charge in [-0.2, -0.15) is 0 Å². The second-order valence-corrected chi connectivity index (χ2v) is 5.59. The molecule has 1 aliphatic carbocycles. The molecule has 1 aromatic heterocycles. The molecular weight excluding hydrogens is 258 g/mol. The largest absolute Gasteiger partial charge is 0.388 e. The minimum Gasteiger partial charge on any atom is -0.388 e. The van der Waals surface area contributed by atoms with E-state index >= 15 is 0 Å². The van der Waals surface area contributed by atoms with Gasteiger partial charge in [-0.3, -0.25) is 4.79 Å². The lowest BCUT2D eigenvalue weighted by atomic mass is 10.1. The molecule has 6 nitrogen and oxygen atoms in total. The molecule has 1 aliphatic heterocycles. The van der Waals surface area contributed by atoms with E-state index in [1.807, 2.05) is 11.8 Å². The van der Waals surface area contributed by atoms with Crippen molar-refractivity contribution in [3.05, 3.63) is 17.7 Å². The van der Waals surface area contributed by atoms with Gasteiger partial charge >= 0.3 is 0 Å². The predicted molar refractivity (Wildman–Crippen MR) is 72.2 cm³/mol. The Balaban J connectivity index is 1.69. The topological polar surface area (TPSA) is 78.5 Å². The zero-order valence-electron chi connectivity index (χ0n) is 11.7. The predicted octanol–water partition coefficient (Wildman–Crippen LogP) is 0.265. The standard InChI is InChI=1S/C14H21N3O3/c1-2-9-6-15-13(16-9)5-14(19)17(10-3-4-10)11-7-20-8-12(11)18/h6,10-12,18H,2-5,7-8H2,1H3,(H,15,16)/t11-,12-/m1/s1. The Morgan fingerprint density at radius 1 is 1.55 bits per heavy atom. The summed E-state index contributed by atoms with van der Waals surface area (Å²) in [5, 5.41) is 9.95. The van der Waals surface area contributed by atoms with Crippen molar-refractivity contribution in [1.82, 2.24) is 14.9 Å². The van der Waals surface area contributed by atoms with Crippen LogP contribution in [0.3, 0.4) is 0 Å². The van der Waals surface area contributed by atoms with E-state index in [0.717, 1.165) is 25.0 Å². The van der Waals surface area contributed by atoms with Crippen LogP contribution in [0, 0.1) is 0 Å². The first-order valence-corrected chi connectivity index (χ1v) is 7.28. The van der Waals surface area contributed by atoms with Gasteiger partial charge in [0.25, 0.3) is 0 Å². The second-order valence-electron chi connectivity index (χ2n) is 5.59. The minimum atomic E-state index is -0.567. The van der Waals surface area contributed by atoms with Crippen LogP contribution >= 0.6 is 0 Å². The van der Waals surface area contributed by atoms with Crippen molar-refractivity contribution in [3.63, 3.8) is 0 Å². The number of carbonyl (C=O) groups excluding carboxylic acids is 1. The number of aliphatic hydroxyl groups is 1. The summed E-state index contributed by atoms with van der Waals surface area (Å²) >= 11 is 0. The molecule has 1 aromatic rings. The van der Waals surface area contributed by atoms with E-state index in [9.17, 15) is 9.90 Å². The van der Waals surface area contributed by atoms with Crippen LogP contribution in [0.15, 0.2) is 6.20 Å². The van der Waals surface area contributed by atoms with Crippen LogP contribution in [0.25, 0.3) is 0 Å². The smallest absolute Gasteiger partial charge is 0.230 e. The Labute approximate surface area is 118 Å². The number of hydrogen-bond acceptors (Lipinski definition) is 4. The number of amides is 1. The number of aliphatic hydroxyl groups excluding tert-OH is 1. The zero-order chi connectivity index (χ0) is 14.1. The average Bonchev–Trinajstić information content (AvgIpc) is 3.01. The highest BCUT2D eigenvalue weighted by molar-refractivity contribution is 5.79. The van der Waals surface area contributed by atoms with Crippen molar-refractivity contribution in [2.24, 2.45) is 0 Å². The number of imidazole rings is 1. The van der Waals surface area contributed by atoms with E-state index in [2.05, 4.69) is 9.97 Å². The Hall–Kier alpha value is -1.40. The van der Waals surface area contributed by atoms with Gasteiger partial charge < -0.3 is 19.7 Å². The third-order valence-corrected chi connectivity index (χ3v) is 3.99. The summed E-state index contributed by atoms with van der Waals surface area (Å²) in [6.07, 6.45) is 4.39. The first-order chi connectivity index (χ1) is 9.69. The molecule has 2 fully saturated rings. The van der Waals surface area contributed by atoms with Crippen LogP contribution in [0.2, 0.25) is 0 Å². The lowest BCUT2D eigenvalue weighted by Crippen LogP contribution is -2.48. The van der Waals surface area contributed by atoms with E-state index in [1.165, 1.54) is 0 Å². The van der Waals surface area contributed by atoms with Gasteiger partial charge in [-0.05, 0) is 19.3 Å². The number of nitrogens with zero attached hydrogens (tertiary/aromatic N) is 2. The van der Waals surface area contributed by atoms with Gasteiger partial charge in [-0.1, -0.05) is 6.92 Å². The van der Waals surface area contributed by atoms with Crippen LogP contribution in [-0.4, -0.2) is 57.3 Å². The van der Waals surface area contributed by atoms with Gasteiger partial charge in [0.05, 0.1) is 31.8 Å². The fraction of sp³-hybridized carbons (Fsp3) is 0.714. The molecule has 2 heterocycles. The van der Waals surface area contributed by atoms with Crippen LogP contribution in [0.4, 0.5) is 0 Å². The Morgan fingerprint density at radius 3 is 2.90 bits per heavy atom. The number of aromatic amines is 1. The molecule has 20 heavy (non-hydrogen) atoms. The first kappa shape index (κ1) is 13.6. The summed E-state index contributed by atoms with van der Waals surface area (Å²) in [7, 11) is 0. The van der Waals surface area contributed by atoms with Gasteiger partial charge in [0.15, 0.2) is 0 Å². The minimum absolute atomic E-state index is 0.0269. The number of carbonyl (C=O) groups is 1. The quantitative estimate of drug-likeness (QED) is 0.810. The van der Waals surface area contributed by atoms with Crippen LogP contribution in [-0.2, 0) is 22.4 Å². The van der Waals surface area contributed by atoms with Crippen molar-refractivity contribution in [2.75, 3.05) is 13.2 Å². The summed E-state index contributed by atoms with van der Waals surface area (Å²) < 4.78 is 5.28. The lowest BCUT2D eigenvalue weighted by Gasteiger charge is -2.30. The molecule has 0 unspecified atom stereocenters. The SMILES string of the molecule is CCc1cnc(CC(=O)N(C2CC2)[C@@H]2COC[C@H]2O)[nH]1. The number of rotatable bonds is 5. The molecule has 0 aromatic carbocycles. The maximum absolute atomic E-state index is 12.5. The number of nitrogens with one attached hydrogen (secondary N) is 1. The number of aromatic nitrogens is 2. The van der Waals surface area contributed by atoms with Gasteiger partial charge in [0, 0.05) is 17.9 Å². The molecular formula is C14H21N3O3. The summed E-state index contributed by atoms with van der Waals surface area (Å²) in [6, 6.07) is 0.0695. The monoisotopic (exact) mass is 279 g/mol. The van der Waals surface area contributed by atoms with Crippen LogP contribution in [0.5, 0.6) is 0 Å². The van der Waals surface area contributed by atoms with Crippen molar-refractivity contribution >= 4 is 5.91 Å². The molecule has 1 amide bonds. The Kier molecular flexibility index (Phi) is 3.76. The third-order valence-electron chi connectivity index (χ3n) is 3.99. The van der Waals surface area contributed by atoms with Crippen molar-refractivity contribution in [3.8, 4) is 0 Å². The highest BCUT2D eigenvalue weighted by atomic mass is 16.5. The van der Waals surface area contributed by atoms with Crippen molar-refractivity contribution in [2.45, 2.75) is 50.8 Å². The third kappa shape index (κ3) is 2.71. The van der Waals surface area contributed by atoms with E-state index in [-0.39, 0.29) is 24.4 Å². The maximum atomic E-state index is 12.5. The van der Waals surface area contributed by atoms with E-state index < -0.39 is 6.10 Å². The maximum Gasteiger partial charge on any atom is 0.230 e. The molecule has 6 heteroatoms. The number of hydrogen-bond donors (Lipinski definition) is 2. The summed E-state index contributed by atoms with van der Waals surface area (Å²) in [5.41, 5.74) is 1.04. The molecule has 0 radical (unpaired) electrons. The van der Waals surface area contributed by atoms with Gasteiger partial charge in [0.2, 0.25) is 5.91 Å². The second kappa shape index (κ2) is 5.54. The summed E-state index contributed by atoms with van der Waals surface area (Å²) in [5.74, 6) is 0.727. The Bertz CT molecular complexity index is 484. The number of aryl methyl sites for hydroxylation is 1. The highest BCUT2D eigenvalue weighted by Crippen LogP contribution is 2.31. The molecule has 1 saturated carbocycles. The molecule has 1 saturated heterocycles. The van der Waals surface area contributed by atoms with Crippen molar-refractivity contribution in [1.29, 1.82) is 0 Å². The lowest BCUT2D eigenvalue weighted by molar-refractivity contribution is -0.135. The van der Waals surface area contributed by atoms with Gasteiger partial charge in [-0.25, -0.2) is 4.98 Å². The number of H-pyrrole nitrogens is 1. The summed E-state index contributed by atoms with van der Waals surface area (Å²) in [4.78, 5) is 21.7.